The monoisotopic (exact) mass is 674 g/mol. The average Bonchev–Trinajstić information content (AvgIpc) is 2.95. The van der Waals surface area contributed by atoms with Crippen LogP contribution in [-0.4, -0.2) is 77.5 Å². The van der Waals surface area contributed by atoms with Gasteiger partial charge in [-0.25, -0.2) is 0 Å². The number of hydrogen-bond donors (Lipinski definition) is 2. The molecule has 1 aromatic carbocycles. The van der Waals surface area contributed by atoms with E-state index >= 15 is 0 Å². The van der Waals surface area contributed by atoms with Gasteiger partial charge in [-0.05, 0) is 77.7 Å². The summed E-state index contributed by atoms with van der Waals surface area (Å²) in [6.45, 7) is 14.1. The second-order valence-corrected chi connectivity index (χ2v) is 12.3. The molecule has 0 aromatic heterocycles. The van der Waals surface area contributed by atoms with Gasteiger partial charge in [0.25, 0.3) is 0 Å². The fourth-order valence-corrected chi connectivity index (χ4v) is 5.15. The van der Waals surface area contributed by atoms with Gasteiger partial charge in [-0.15, -0.1) is 0 Å². The fraction of sp³-hybridized carbons (Fsp3) is 0.556. The maximum absolute atomic E-state index is 11.9. The van der Waals surface area contributed by atoms with Crippen LogP contribution in [0, 0.1) is 6.92 Å². The summed E-state index contributed by atoms with van der Waals surface area (Å²) in [5.74, 6) is -2.07. The summed E-state index contributed by atoms with van der Waals surface area (Å²) in [6.07, 6.45) is 1.42. The molecule has 0 amide bonds. The number of aryl methyl sites for hydroxylation is 1. The van der Waals surface area contributed by atoms with Crippen LogP contribution in [0.15, 0.2) is 47.1 Å². The molecule has 1 aliphatic rings. The Labute approximate surface area is 282 Å². The summed E-state index contributed by atoms with van der Waals surface area (Å²) in [4.78, 5) is 46.9. The van der Waals surface area contributed by atoms with Crippen molar-refractivity contribution in [3.8, 4) is 11.5 Å². The van der Waals surface area contributed by atoms with E-state index in [0.29, 0.717) is 29.7 Å². The Hall–Kier alpha value is -4.16. The summed E-state index contributed by atoms with van der Waals surface area (Å²) in [7, 11) is 0. The molecule has 2 N–H and O–H groups in total. The highest BCUT2D eigenvalue weighted by Gasteiger charge is 2.51. The summed E-state index contributed by atoms with van der Waals surface area (Å²) in [5.41, 5.74) is 4.35. The SMILES string of the molecule is CC(=O)OCC1OC(Oc2cc(C)c(O)cc2C/C=C(\C)CC/C=C(\C)C[C@@H](C=C(C)C)OC(C)=O)C(O)C(OC(C)=O)C1OC(C)=O. The Morgan fingerprint density at radius 2 is 1.52 bits per heavy atom. The minimum Gasteiger partial charge on any atom is -0.508 e. The molecule has 1 heterocycles. The standard InChI is InChI=1S/C36H50O12/c1-20(2)15-29(44-25(7)38)16-22(4)12-10-11-21(3)13-14-28-18-30(41)23(5)17-31(28)47-36-33(42)35(46-27(9)40)34(45-26(8)39)32(48-36)19-43-24(6)37/h12-13,15,17-18,29,32-36,41-42H,10-11,14,16,19H2,1-9H3/b21-13+,22-12+/t29-,32?,33?,34?,35?,36?/m1/s1. The number of ether oxygens (including phenoxy) is 6. The third kappa shape index (κ3) is 13.5. The Balaban J connectivity index is 2.25. The highest BCUT2D eigenvalue weighted by Crippen LogP contribution is 2.33. The van der Waals surface area contributed by atoms with Gasteiger partial charge >= 0.3 is 23.9 Å². The van der Waals surface area contributed by atoms with Gasteiger partial charge in [0.1, 0.15) is 30.3 Å². The smallest absolute Gasteiger partial charge is 0.303 e. The van der Waals surface area contributed by atoms with E-state index < -0.39 is 48.6 Å². The zero-order chi connectivity index (χ0) is 36.1. The topological polar surface area (TPSA) is 164 Å². The molecule has 2 rings (SSSR count). The second kappa shape index (κ2) is 19.0. The van der Waals surface area contributed by atoms with Gasteiger partial charge in [0.15, 0.2) is 18.3 Å². The fourth-order valence-electron chi connectivity index (χ4n) is 5.15. The number of aliphatic hydroxyl groups is 1. The molecule has 1 aliphatic heterocycles. The van der Waals surface area contributed by atoms with E-state index in [0.717, 1.165) is 43.4 Å². The highest BCUT2D eigenvalue weighted by molar-refractivity contribution is 5.68. The van der Waals surface area contributed by atoms with Crippen molar-refractivity contribution in [2.24, 2.45) is 0 Å². The Bertz CT molecular complexity index is 1390. The average molecular weight is 675 g/mol. The van der Waals surface area contributed by atoms with Crippen molar-refractivity contribution in [3.05, 3.63) is 58.2 Å². The zero-order valence-corrected chi connectivity index (χ0v) is 29.4. The van der Waals surface area contributed by atoms with Crippen LogP contribution in [0.1, 0.15) is 85.8 Å². The van der Waals surface area contributed by atoms with Crippen LogP contribution in [0.2, 0.25) is 0 Å². The predicted octanol–water partition coefficient (Wildman–Crippen LogP) is 5.10. The lowest BCUT2D eigenvalue weighted by atomic mass is 9.98. The lowest BCUT2D eigenvalue weighted by Gasteiger charge is -2.42. The molecule has 0 spiro atoms. The molecule has 0 aliphatic carbocycles. The molecule has 5 unspecified atom stereocenters. The van der Waals surface area contributed by atoms with Crippen molar-refractivity contribution in [1.29, 1.82) is 0 Å². The number of phenols is 1. The van der Waals surface area contributed by atoms with E-state index in [4.69, 9.17) is 28.4 Å². The third-order valence-electron chi connectivity index (χ3n) is 7.35. The molecule has 1 fully saturated rings. The van der Waals surface area contributed by atoms with E-state index in [9.17, 15) is 29.4 Å². The molecule has 12 nitrogen and oxygen atoms in total. The molecule has 1 saturated heterocycles. The van der Waals surface area contributed by atoms with Crippen LogP contribution in [0.25, 0.3) is 0 Å². The molecule has 1 aromatic rings. The zero-order valence-electron chi connectivity index (χ0n) is 29.4. The number of phenolic OH excluding ortho intramolecular Hbond substituents is 1. The van der Waals surface area contributed by atoms with E-state index in [1.54, 1.807) is 19.1 Å². The second-order valence-electron chi connectivity index (χ2n) is 12.3. The maximum atomic E-state index is 11.9. The predicted molar refractivity (Wildman–Crippen MR) is 176 cm³/mol. The Morgan fingerprint density at radius 3 is 2.10 bits per heavy atom. The van der Waals surface area contributed by atoms with E-state index in [-0.39, 0.29) is 24.4 Å². The summed E-state index contributed by atoms with van der Waals surface area (Å²) in [5, 5.41) is 21.7. The first-order chi connectivity index (χ1) is 22.5. The maximum Gasteiger partial charge on any atom is 0.303 e. The minimum absolute atomic E-state index is 0.0474. The van der Waals surface area contributed by atoms with Crippen molar-refractivity contribution < 1.29 is 57.8 Å². The van der Waals surface area contributed by atoms with Gasteiger partial charge in [0.2, 0.25) is 6.29 Å². The molecule has 48 heavy (non-hydrogen) atoms. The van der Waals surface area contributed by atoms with E-state index in [1.807, 2.05) is 39.8 Å². The number of benzene rings is 1. The van der Waals surface area contributed by atoms with Gasteiger partial charge < -0.3 is 38.6 Å². The Kier molecular flexibility index (Phi) is 15.8. The summed E-state index contributed by atoms with van der Waals surface area (Å²) >= 11 is 0. The summed E-state index contributed by atoms with van der Waals surface area (Å²) < 4.78 is 33.3. The van der Waals surface area contributed by atoms with E-state index in [1.165, 1.54) is 13.8 Å². The van der Waals surface area contributed by atoms with Crippen molar-refractivity contribution in [1.82, 2.24) is 0 Å². The number of carbonyl (C=O) groups excluding carboxylic acids is 4. The lowest BCUT2D eigenvalue weighted by Crippen LogP contribution is -2.62. The molecule has 0 radical (unpaired) electrons. The first kappa shape index (κ1) is 40.0. The number of aliphatic hydroxyl groups excluding tert-OH is 1. The minimum atomic E-state index is -1.60. The van der Waals surface area contributed by atoms with Gasteiger partial charge in [0.05, 0.1) is 0 Å². The summed E-state index contributed by atoms with van der Waals surface area (Å²) in [6, 6.07) is 3.16. The van der Waals surface area contributed by atoms with Crippen LogP contribution < -0.4 is 4.74 Å². The lowest BCUT2D eigenvalue weighted by molar-refractivity contribution is -0.285. The van der Waals surface area contributed by atoms with Crippen LogP contribution in [0.3, 0.4) is 0 Å². The van der Waals surface area contributed by atoms with Crippen LogP contribution in [-0.2, 0) is 49.3 Å². The van der Waals surface area contributed by atoms with Gasteiger partial charge in [-0.3, -0.25) is 19.2 Å². The van der Waals surface area contributed by atoms with Crippen molar-refractivity contribution >= 4 is 23.9 Å². The molecule has 6 atom stereocenters. The Morgan fingerprint density at radius 1 is 0.875 bits per heavy atom. The van der Waals surface area contributed by atoms with E-state index in [2.05, 4.69) is 6.08 Å². The molecule has 12 heteroatoms. The first-order valence-electron chi connectivity index (χ1n) is 15.9. The van der Waals surface area contributed by atoms with Crippen LogP contribution in [0.5, 0.6) is 11.5 Å². The molecular formula is C36H50O12. The molecule has 266 valence electrons. The van der Waals surface area contributed by atoms with Gasteiger partial charge in [-0.2, -0.15) is 0 Å². The quantitative estimate of drug-likeness (QED) is 0.144. The third-order valence-corrected chi connectivity index (χ3v) is 7.35. The number of esters is 4. The van der Waals surface area contributed by atoms with Gasteiger partial charge in [0, 0.05) is 39.7 Å². The van der Waals surface area contributed by atoms with Crippen LogP contribution >= 0.6 is 0 Å². The molecular weight excluding hydrogens is 624 g/mol. The normalized spacial score (nSPS) is 21.8. The number of aromatic hydroxyl groups is 1. The molecule has 0 bridgehead atoms. The van der Waals surface area contributed by atoms with Crippen molar-refractivity contribution in [2.45, 2.75) is 125 Å². The number of hydrogen-bond acceptors (Lipinski definition) is 12. The largest absolute Gasteiger partial charge is 0.508 e. The van der Waals surface area contributed by atoms with Crippen molar-refractivity contribution in [2.75, 3.05) is 6.61 Å². The van der Waals surface area contributed by atoms with Crippen LogP contribution in [0.4, 0.5) is 0 Å². The van der Waals surface area contributed by atoms with Gasteiger partial charge in [-0.1, -0.05) is 28.9 Å². The number of carbonyl (C=O) groups is 4. The number of allylic oxidation sites excluding steroid dienone is 4. The number of rotatable bonds is 15. The first-order valence-corrected chi connectivity index (χ1v) is 15.9. The highest BCUT2D eigenvalue weighted by atomic mass is 16.7. The van der Waals surface area contributed by atoms with Crippen molar-refractivity contribution in [3.63, 3.8) is 0 Å². The molecule has 0 saturated carbocycles.